The van der Waals surface area contributed by atoms with E-state index in [0.29, 0.717) is 0 Å². The number of halogens is 1. The van der Waals surface area contributed by atoms with Gasteiger partial charge in [-0.2, -0.15) is 5.10 Å². The van der Waals surface area contributed by atoms with E-state index in [1.165, 1.54) is 108 Å². The highest BCUT2D eigenvalue weighted by molar-refractivity contribution is 6.29. The van der Waals surface area contributed by atoms with Gasteiger partial charge in [0.25, 0.3) is 0 Å². The van der Waals surface area contributed by atoms with Gasteiger partial charge in [-0.1, -0.05) is 115 Å². The predicted molar refractivity (Wildman–Crippen MR) is 116 cm³/mol. The number of nitrogens with zero attached hydrogens (tertiary/aromatic N) is 2. The Kier molecular flexibility index (Phi) is 15.1. The summed E-state index contributed by atoms with van der Waals surface area (Å²) in [6.45, 7) is 5.53. The number of unbranched alkanes of at least 4 members (excludes halogenated alkanes) is 14. The molecule has 0 unspecified atom stereocenters. The summed E-state index contributed by atoms with van der Waals surface area (Å²) in [6, 6.07) is 2.08. The van der Waals surface area contributed by atoms with Crippen molar-refractivity contribution in [2.75, 3.05) is 0 Å². The van der Waals surface area contributed by atoms with Gasteiger partial charge >= 0.3 is 0 Å². The molecule has 0 amide bonds. The first kappa shape index (κ1) is 23.5. The van der Waals surface area contributed by atoms with E-state index < -0.39 is 0 Å². The van der Waals surface area contributed by atoms with E-state index in [2.05, 4.69) is 19.9 Å². The molecule has 1 aromatic rings. The summed E-state index contributed by atoms with van der Waals surface area (Å²) in [5, 5.41) is 5.53. The number of hydrogen-bond acceptors (Lipinski definition) is 1. The summed E-state index contributed by atoms with van der Waals surface area (Å²) < 4.78 is 2.01. The molecular weight excluding hydrogens is 340 g/mol. The first-order chi connectivity index (χ1) is 12.8. The summed E-state index contributed by atoms with van der Waals surface area (Å²) in [7, 11) is 0. The molecule has 152 valence electrons. The zero-order chi connectivity index (χ0) is 18.9. The average molecular weight is 383 g/mol. The summed E-state index contributed by atoms with van der Waals surface area (Å²) in [4.78, 5) is 0. The van der Waals surface area contributed by atoms with E-state index in [9.17, 15) is 0 Å². The number of aromatic nitrogens is 2. The van der Waals surface area contributed by atoms with E-state index in [1.54, 1.807) is 0 Å². The minimum atomic E-state index is 0.822. The molecule has 0 aliphatic heterocycles. The topological polar surface area (TPSA) is 17.8 Å². The summed E-state index contributed by atoms with van der Waals surface area (Å²) in [5.74, 6) is 0. The Bertz CT molecular complexity index is 428. The minimum Gasteiger partial charge on any atom is -0.254 e. The van der Waals surface area contributed by atoms with Crippen molar-refractivity contribution in [2.24, 2.45) is 0 Å². The van der Waals surface area contributed by atoms with Crippen LogP contribution in [0.2, 0.25) is 5.15 Å². The molecular formula is C23H43ClN2. The minimum absolute atomic E-state index is 0.822. The Balaban J connectivity index is 2.04. The van der Waals surface area contributed by atoms with Crippen molar-refractivity contribution in [3.8, 4) is 0 Å². The lowest BCUT2D eigenvalue weighted by Crippen LogP contribution is -2.01. The van der Waals surface area contributed by atoms with Gasteiger partial charge in [0.15, 0.2) is 0 Å². The molecule has 0 atom stereocenters. The van der Waals surface area contributed by atoms with E-state index in [0.717, 1.165) is 18.1 Å². The molecule has 0 aliphatic rings. The predicted octanol–water partition coefficient (Wildman–Crippen LogP) is 8.36. The van der Waals surface area contributed by atoms with Crippen LogP contribution < -0.4 is 0 Å². The zero-order valence-corrected chi connectivity index (χ0v) is 18.3. The van der Waals surface area contributed by atoms with Crippen molar-refractivity contribution >= 4 is 11.6 Å². The van der Waals surface area contributed by atoms with E-state index in [-0.39, 0.29) is 0 Å². The molecule has 0 aliphatic carbocycles. The molecule has 1 heterocycles. The summed E-state index contributed by atoms with van der Waals surface area (Å²) >= 11 is 6.35. The van der Waals surface area contributed by atoms with Crippen LogP contribution in [0.15, 0.2) is 6.07 Å². The maximum absolute atomic E-state index is 6.35. The van der Waals surface area contributed by atoms with Crippen LogP contribution >= 0.6 is 11.6 Å². The molecule has 1 aromatic heterocycles. The second-order valence-electron chi connectivity index (χ2n) is 7.88. The Morgan fingerprint density at radius 2 is 1.15 bits per heavy atom. The first-order valence-corrected chi connectivity index (χ1v) is 11.9. The third-order valence-corrected chi connectivity index (χ3v) is 5.60. The molecule has 0 spiro atoms. The van der Waals surface area contributed by atoms with Gasteiger partial charge in [-0.05, 0) is 25.3 Å². The Morgan fingerprint density at radius 1 is 0.692 bits per heavy atom. The van der Waals surface area contributed by atoms with Gasteiger partial charge in [0, 0.05) is 6.54 Å². The molecule has 1 rings (SSSR count). The standard InChI is InChI=1S/C23H43ClN2/c1-3-5-7-9-11-13-15-17-19-22-21-23(24)26(25-22)20-18-16-14-12-10-8-6-4-2/h21H,3-20H2,1-2H3. The van der Waals surface area contributed by atoms with Crippen molar-refractivity contribution in [3.63, 3.8) is 0 Å². The maximum Gasteiger partial charge on any atom is 0.127 e. The number of aryl methyl sites for hydroxylation is 2. The van der Waals surface area contributed by atoms with Crippen molar-refractivity contribution in [3.05, 3.63) is 16.9 Å². The fraction of sp³-hybridized carbons (Fsp3) is 0.870. The molecule has 0 aromatic carbocycles. The van der Waals surface area contributed by atoms with Gasteiger partial charge in [0.1, 0.15) is 5.15 Å². The second kappa shape index (κ2) is 16.7. The van der Waals surface area contributed by atoms with Gasteiger partial charge in [-0.25, -0.2) is 0 Å². The highest BCUT2D eigenvalue weighted by Crippen LogP contribution is 2.16. The molecule has 0 saturated heterocycles. The van der Waals surface area contributed by atoms with Gasteiger partial charge in [0.2, 0.25) is 0 Å². The second-order valence-corrected chi connectivity index (χ2v) is 8.27. The fourth-order valence-electron chi connectivity index (χ4n) is 3.56. The summed E-state index contributed by atoms with van der Waals surface area (Å²) in [5.41, 5.74) is 1.18. The Morgan fingerprint density at radius 3 is 1.69 bits per heavy atom. The lowest BCUT2D eigenvalue weighted by Gasteiger charge is -2.04. The van der Waals surface area contributed by atoms with Crippen LogP contribution in [0.1, 0.15) is 122 Å². The van der Waals surface area contributed by atoms with Crippen molar-refractivity contribution in [2.45, 2.75) is 130 Å². The highest BCUT2D eigenvalue weighted by Gasteiger charge is 2.05. The van der Waals surface area contributed by atoms with Crippen LogP contribution in [0, 0.1) is 0 Å². The Labute approximate surface area is 168 Å². The van der Waals surface area contributed by atoms with E-state index in [1.807, 2.05) is 4.68 Å². The van der Waals surface area contributed by atoms with Gasteiger partial charge < -0.3 is 0 Å². The van der Waals surface area contributed by atoms with Gasteiger partial charge in [-0.15, -0.1) is 0 Å². The molecule has 0 radical (unpaired) electrons. The Hall–Kier alpha value is -0.500. The molecule has 0 N–H and O–H groups in total. The van der Waals surface area contributed by atoms with Crippen molar-refractivity contribution in [1.82, 2.24) is 9.78 Å². The SMILES string of the molecule is CCCCCCCCCCc1cc(Cl)n(CCCCCCCCCC)n1. The molecule has 0 fully saturated rings. The average Bonchev–Trinajstić information content (AvgIpc) is 2.99. The largest absolute Gasteiger partial charge is 0.254 e. The molecule has 0 saturated carbocycles. The smallest absolute Gasteiger partial charge is 0.127 e. The molecule has 2 nitrogen and oxygen atoms in total. The van der Waals surface area contributed by atoms with Crippen molar-refractivity contribution in [1.29, 1.82) is 0 Å². The first-order valence-electron chi connectivity index (χ1n) is 11.5. The summed E-state index contributed by atoms with van der Waals surface area (Å²) in [6.07, 6.45) is 22.8. The highest BCUT2D eigenvalue weighted by atomic mass is 35.5. The number of hydrogen-bond donors (Lipinski definition) is 0. The van der Waals surface area contributed by atoms with Crippen LogP contribution in [-0.2, 0) is 13.0 Å². The third-order valence-electron chi connectivity index (χ3n) is 5.29. The quantitative estimate of drug-likeness (QED) is 0.233. The lowest BCUT2D eigenvalue weighted by molar-refractivity contribution is 0.515. The van der Waals surface area contributed by atoms with E-state index >= 15 is 0 Å². The molecule has 3 heteroatoms. The van der Waals surface area contributed by atoms with Crippen molar-refractivity contribution < 1.29 is 0 Å². The molecule has 0 bridgehead atoms. The van der Waals surface area contributed by atoms with Gasteiger partial charge in [0.05, 0.1) is 5.69 Å². The van der Waals surface area contributed by atoms with Gasteiger partial charge in [-0.3, -0.25) is 4.68 Å². The van der Waals surface area contributed by atoms with Crippen LogP contribution in [0.5, 0.6) is 0 Å². The fourth-order valence-corrected chi connectivity index (χ4v) is 3.81. The maximum atomic E-state index is 6.35. The monoisotopic (exact) mass is 382 g/mol. The van der Waals surface area contributed by atoms with Crippen LogP contribution in [-0.4, -0.2) is 9.78 Å². The number of rotatable bonds is 18. The van der Waals surface area contributed by atoms with E-state index in [4.69, 9.17) is 16.7 Å². The normalized spacial score (nSPS) is 11.3. The lowest BCUT2D eigenvalue weighted by atomic mass is 10.1. The van der Waals surface area contributed by atoms with Crippen LogP contribution in [0.3, 0.4) is 0 Å². The zero-order valence-electron chi connectivity index (χ0n) is 17.6. The molecule has 26 heavy (non-hydrogen) atoms. The van der Waals surface area contributed by atoms with Crippen LogP contribution in [0.25, 0.3) is 0 Å². The third kappa shape index (κ3) is 12.0. The van der Waals surface area contributed by atoms with Crippen LogP contribution in [0.4, 0.5) is 0 Å².